The van der Waals surface area contributed by atoms with E-state index in [4.69, 9.17) is 11.6 Å². The summed E-state index contributed by atoms with van der Waals surface area (Å²) in [6.07, 6.45) is 1.14. The van der Waals surface area contributed by atoms with E-state index in [1.165, 1.54) is 5.56 Å². The lowest BCUT2D eigenvalue weighted by Crippen LogP contribution is -2.30. The minimum absolute atomic E-state index is 0.170. The second-order valence-electron chi connectivity index (χ2n) is 5.35. The highest BCUT2D eigenvalue weighted by Crippen LogP contribution is 2.46. The molecule has 2 unspecified atom stereocenters. The first kappa shape index (κ1) is 14.0. The van der Waals surface area contributed by atoms with Gasteiger partial charge in [0, 0.05) is 17.3 Å². The van der Waals surface area contributed by atoms with Crippen molar-refractivity contribution in [1.29, 1.82) is 0 Å². The van der Waals surface area contributed by atoms with Gasteiger partial charge in [0.05, 0.1) is 0 Å². The summed E-state index contributed by atoms with van der Waals surface area (Å²) in [6.45, 7) is 0.707. The largest absolute Gasteiger partial charge is 0.338 e. The number of benzene rings is 2. The molecule has 3 nitrogen and oxygen atoms in total. The molecule has 1 fully saturated rings. The van der Waals surface area contributed by atoms with Gasteiger partial charge >= 0.3 is 6.03 Å². The molecule has 2 N–H and O–H groups in total. The smallest absolute Gasteiger partial charge is 0.319 e. The molecule has 2 amide bonds. The van der Waals surface area contributed by atoms with Crippen LogP contribution in [-0.4, -0.2) is 12.6 Å². The normalized spacial score (nSPS) is 19.9. The average molecular weight is 301 g/mol. The molecule has 0 bridgehead atoms. The Kier molecular flexibility index (Phi) is 4.11. The van der Waals surface area contributed by atoms with Crippen LogP contribution in [-0.2, 0) is 0 Å². The van der Waals surface area contributed by atoms with Crippen LogP contribution < -0.4 is 10.6 Å². The molecule has 0 saturated heterocycles. The van der Waals surface area contributed by atoms with Gasteiger partial charge in [0.1, 0.15) is 0 Å². The van der Waals surface area contributed by atoms with Gasteiger partial charge in [0.15, 0.2) is 0 Å². The summed E-state index contributed by atoms with van der Waals surface area (Å²) < 4.78 is 0. The fourth-order valence-corrected chi connectivity index (χ4v) is 2.64. The number of amides is 2. The summed E-state index contributed by atoms with van der Waals surface area (Å²) >= 11 is 5.81. The molecule has 1 saturated carbocycles. The number of carbonyl (C=O) groups is 1. The fourth-order valence-electron chi connectivity index (χ4n) is 2.51. The maximum absolute atomic E-state index is 11.8. The summed E-state index contributed by atoms with van der Waals surface area (Å²) in [5, 5.41) is 6.38. The standard InChI is InChI=1S/C17H17ClN2O/c18-14-6-8-15(9-7-14)20-17(21)19-11-13-10-16(13)12-4-2-1-3-5-12/h1-9,13,16H,10-11H2,(H2,19,20,21). The first-order valence-corrected chi connectivity index (χ1v) is 7.45. The fraction of sp³-hybridized carbons (Fsp3) is 0.235. The molecule has 1 aliphatic carbocycles. The lowest BCUT2D eigenvalue weighted by molar-refractivity contribution is 0.251. The lowest BCUT2D eigenvalue weighted by Gasteiger charge is -2.07. The summed E-state index contributed by atoms with van der Waals surface area (Å²) in [5.74, 6) is 1.13. The van der Waals surface area contributed by atoms with Crippen molar-refractivity contribution in [3.63, 3.8) is 0 Å². The van der Waals surface area contributed by atoms with Gasteiger partial charge < -0.3 is 10.6 Å². The highest BCUT2D eigenvalue weighted by atomic mass is 35.5. The molecule has 3 rings (SSSR count). The highest BCUT2D eigenvalue weighted by Gasteiger charge is 2.37. The Morgan fingerprint density at radius 3 is 2.52 bits per heavy atom. The van der Waals surface area contributed by atoms with Crippen molar-refractivity contribution in [2.24, 2.45) is 5.92 Å². The van der Waals surface area contributed by atoms with E-state index in [-0.39, 0.29) is 6.03 Å². The quantitative estimate of drug-likeness (QED) is 0.870. The topological polar surface area (TPSA) is 41.1 Å². The monoisotopic (exact) mass is 300 g/mol. The Labute approximate surface area is 129 Å². The van der Waals surface area contributed by atoms with Crippen molar-refractivity contribution in [3.05, 3.63) is 65.2 Å². The lowest BCUT2D eigenvalue weighted by atomic mass is 10.1. The van der Waals surface area contributed by atoms with E-state index in [1.807, 2.05) is 6.07 Å². The van der Waals surface area contributed by atoms with Crippen molar-refractivity contribution in [1.82, 2.24) is 5.32 Å². The van der Waals surface area contributed by atoms with E-state index in [1.54, 1.807) is 24.3 Å². The van der Waals surface area contributed by atoms with Crippen LogP contribution in [0.2, 0.25) is 5.02 Å². The van der Waals surface area contributed by atoms with Crippen LogP contribution in [0.15, 0.2) is 54.6 Å². The van der Waals surface area contributed by atoms with Crippen LogP contribution in [0.25, 0.3) is 0 Å². The van der Waals surface area contributed by atoms with Crippen molar-refractivity contribution in [2.45, 2.75) is 12.3 Å². The molecule has 0 heterocycles. The third-order valence-corrected chi connectivity index (χ3v) is 4.03. The van der Waals surface area contributed by atoms with Crippen LogP contribution in [0.5, 0.6) is 0 Å². The van der Waals surface area contributed by atoms with Gasteiger partial charge in [-0.1, -0.05) is 41.9 Å². The van der Waals surface area contributed by atoms with Crippen LogP contribution in [0.1, 0.15) is 17.9 Å². The molecule has 0 radical (unpaired) electrons. The number of rotatable bonds is 4. The van der Waals surface area contributed by atoms with Crippen molar-refractivity contribution in [3.8, 4) is 0 Å². The Balaban J connectivity index is 1.44. The molecule has 21 heavy (non-hydrogen) atoms. The first-order valence-electron chi connectivity index (χ1n) is 7.08. The summed E-state index contributed by atoms with van der Waals surface area (Å²) in [6, 6.07) is 17.4. The molecule has 4 heteroatoms. The summed E-state index contributed by atoms with van der Waals surface area (Å²) in [5.41, 5.74) is 2.11. The van der Waals surface area contributed by atoms with Gasteiger partial charge in [-0.3, -0.25) is 0 Å². The number of nitrogens with one attached hydrogen (secondary N) is 2. The van der Waals surface area contributed by atoms with Gasteiger partial charge in [-0.15, -0.1) is 0 Å². The van der Waals surface area contributed by atoms with Crippen molar-refractivity contribution < 1.29 is 4.79 Å². The third-order valence-electron chi connectivity index (χ3n) is 3.78. The molecule has 0 aliphatic heterocycles. The van der Waals surface area contributed by atoms with E-state index in [9.17, 15) is 4.79 Å². The summed E-state index contributed by atoms with van der Waals surface area (Å²) in [4.78, 5) is 11.8. The number of urea groups is 1. The molecule has 2 atom stereocenters. The average Bonchev–Trinajstić information content (AvgIpc) is 3.28. The molecule has 108 valence electrons. The van der Waals surface area contributed by atoms with Gasteiger partial charge in [0.25, 0.3) is 0 Å². The maximum atomic E-state index is 11.8. The Bertz CT molecular complexity index is 612. The zero-order valence-electron chi connectivity index (χ0n) is 11.6. The number of anilines is 1. The molecular formula is C17H17ClN2O. The van der Waals surface area contributed by atoms with Crippen molar-refractivity contribution in [2.75, 3.05) is 11.9 Å². The van der Waals surface area contributed by atoms with Crippen LogP contribution in [0.3, 0.4) is 0 Å². The predicted molar refractivity (Wildman–Crippen MR) is 85.8 cm³/mol. The van der Waals surface area contributed by atoms with Crippen molar-refractivity contribution >= 4 is 23.3 Å². The molecule has 0 aromatic heterocycles. The second-order valence-corrected chi connectivity index (χ2v) is 5.79. The van der Waals surface area contributed by atoms with E-state index in [2.05, 4.69) is 34.9 Å². The molecule has 2 aromatic carbocycles. The highest BCUT2D eigenvalue weighted by molar-refractivity contribution is 6.30. The number of carbonyl (C=O) groups excluding carboxylic acids is 1. The Hall–Kier alpha value is -2.00. The van der Waals surface area contributed by atoms with E-state index in [0.29, 0.717) is 23.4 Å². The maximum Gasteiger partial charge on any atom is 0.319 e. The predicted octanol–water partition coefficient (Wildman–Crippen LogP) is 4.27. The Morgan fingerprint density at radius 2 is 1.81 bits per heavy atom. The first-order chi connectivity index (χ1) is 10.2. The van der Waals surface area contributed by atoms with Gasteiger partial charge in [-0.05, 0) is 48.1 Å². The molecular weight excluding hydrogens is 284 g/mol. The SMILES string of the molecule is O=C(NCC1CC1c1ccccc1)Nc1ccc(Cl)cc1. The van der Waals surface area contributed by atoms with E-state index in [0.717, 1.165) is 12.1 Å². The van der Waals surface area contributed by atoms with Crippen LogP contribution in [0.4, 0.5) is 10.5 Å². The third kappa shape index (κ3) is 3.76. The van der Waals surface area contributed by atoms with Gasteiger partial charge in [-0.25, -0.2) is 4.79 Å². The van der Waals surface area contributed by atoms with E-state index >= 15 is 0 Å². The minimum Gasteiger partial charge on any atom is -0.338 e. The zero-order valence-corrected chi connectivity index (χ0v) is 12.3. The molecule has 1 aliphatic rings. The molecule has 0 spiro atoms. The number of hydrogen-bond donors (Lipinski definition) is 2. The van der Waals surface area contributed by atoms with Crippen LogP contribution in [0, 0.1) is 5.92 Å². The van der Waals surface area contributed by atoms with Gasteiger partial charge in [0.2, 0.25) is 0 Å². The molecule has 2 aromatic rings. The van der Waals surface area contributed by atoms with Crippen LogP contribution >= 0.6 is 11.6 Å². The zero-order chi connectivity index (χ0) is 14.7. The summed E-state index contributed by atoms with van der Waals surface area (Å²) in [7, 11) is 0. The number of halogens is 1. The Morgan fingerprint density at radius 1 is 1.10 bits per heavy atom. The minimum atomic E-state index is -0.170. The van der Waals surface area contributed by atoms with E-state index < -0.39 is 0 Å². The number of hydrogen-bond acceptors (Lipinski definition) is 1. The van der Waals surface area contributed by atoms with Gasteiger partial charge in [-0.2, -0.15) is 0 Å². The second kappa shape index (κ2) is 6.19.